The van der Waals surface area contributed by atoms with Crippen LogP contribution in [-0.2, 0) is 24.0 Å². The van der Waals surface area contributed by atoms with E-state index in [0.717, 1.165) is 6.42 Å². The van der Waals surface area contributed by atoms with Gasteiger partial charge >= 0.3 is 5.97 Å². The van der Waals surface area contributed by atoms with Gasteiger partial charge in [0.05, 0.1) is 12.0 Å². The Kier molecular flexibility index (Phi) is 6.33. The van der Waals surface area contributed by atoms with Crippen LogP contribution in [0.15, 0.2) is 0 Å². The Bertz CT molecular complexity index is 387. The Balaban J connectivity index is 2.31. The first-order valence-corrected chi connectivity index (χ1v) is 7.42. The van der Waals surface area contributed by atoms with Crippen molar-refractivity contribution in [1.29, 1.82) is 0 Å². The average Bonchev–Trinajstić information content (AvgIpc) is 2.68. The molecular formula is C15H25NO5. The van der Waals surface area contributed by atoms with Crippen molar-refractivity contribution in [2.45, 2.75) is 65.4 Å². The molecule has 1 heterocycles. The fourth-order valence-corrected chi connectivity index (χ4v) is 1.85. The van der Waals surface area contributed by atoms with E-state index in [1.807, 2.05) is 13.8 Å². The molecule has 0 aliphatic carbocycles. The van der Waals surface area contributed by atoms with Crippen LogP contribution in [0.25, 0.3) is 0 Å². The van der Waals surface area contributed by atoms with Gasteiger partial charge in [-0.3, -0.25) is 9.59 Å². The molecular weight excluding hydrogens is 274 g/mol. The number of carbonyl (C=O) groups is 3. The van der Waals surface area contributed by atoms with Gasteiger partial charge in [-0.25, -0.2) is 4.79 Å². The lowest BCUT2D eigenvalue weighted by Gasteiger charge is -2.25. The number of hydrogen-bond donors (Lipinski definition) is 0. The molecule has 1 aliphatic heterocycles. The number of ether oxygens (including phenoxy) is 1. The van der Waals surface area contributed by atoms with E-state index >= 15 is 0 Å². The van der Waals surface area contributed by atoms with Crippen LogP contribution < -0.4 is 0 Å². The molecule has 1 saturated heterocycles. The quantitative estimate of drug-likeness (QED) is 0.642. The lowest BCUT2D eigenvalue weighted by molar-refractivity contribution is -0.198. The third kappa shape index (κ3) is 6.25. The zero-order valence-electron chi connectivity index (χ0n) is 13.3. The van der Waals surface area contributed by atoms with Crippen LogP contribution in [0.1, 0.15) is 59.8 Å². The van der Waals surface area contributed by atoms with Gasteiger partial charge in [0.2, 0.25) is 0 Å². The van der Waals surface area contributed by atoms with Crippen LogP contribution in [-0.4, -0.2) is 35.1 Å². The van der Waals surface area contributed by atoms with Crippen LogP contribution in [0.3, 0.4) is 0 Å². The Hall–Kier alpha value is -1.43. The molecule has 0 saturated carbocycles. The van der Waals surface area contributed by atoms with Gasteiger partial charge in [0.25, 0.3) is 11.8 Å². The van der Waals surface area contributed by atoms with Gasteiger partial charge in [-0.15, -0.1) is 5.06 Å². The summed E-state index contributed by atoms with van der Waals surface area (Å²) in [6, 6.07) is 0. The first-order valence-electron chi connectivity index (χ1n) is 7.42. The maximum Gasteiger partial charge on any atom is 0.333 e. The molecule has 2 amide bonds. The molecule has 21 heavy (non-hydrogen) atoms. The highest BCUT2D eigenvalue weighted by Crippen LogP contribution is 2.19. The van der Waals surface area contributed by atoms with Gasteiger partial charge in [0.1, 0.15) is 0 Å². The van der Waals surface area contributed by atoms with Crippen LogP contribution >= 0.6 is 0 Å². The van der Waals surface area contributed by atoms with Gasteiger partial charge in [-0.2, -0.15) is 0 Å². The second-order valence-electron chi connectivity index (χ2n) is 6.34. The highest BCUT2D eigenvalue weighted by molar-refractivity contribution is 6.01. The third-order valence-electron chi connectivity index (χ3n) is 3.32. The number of nitrogens with zero attached hydrogens (tertiary/aromatic N) is 1. The minimum absolute atomic E-state index is 0.103. The standard InChI is InChI=1S/C15H25NO5/c1-11(2)8-10-20-15(3,4)9-7-14(19)21-16-12(17)5-6-13(16)18/h11H,5-10H2,1-4H3. The predicted molar refractivity (Wildman–Crippen MR) is 75.9 cm³/mol. The summed E-state index contributed by atoms with van der Waals surface area (Å²) < 4.78 is 5.75. The Morgan fingerprint density at radius 1 is 1.24 bits per heavy atom. The number of imide groups is 1. The first kappa shape index (κ1) is 17.6. The highest BCUT2D eigenvalue weighted by atomic mass is 16.7. The minimum Gasteiger partial charge on any atom is -0.376 e. The number of hydroxylamine groups is 2. The molecule has 0 unspecified atom stereocenters. The second-order valence-corrected chi connectivity index (χ2v) is 6.34. The summed E-state index contributed by atoms with van der Waals surface area (Å²) in [5.41, 5.74) is -0.438. The van der Waals surface area contributed by atoms with Gasteiger partial charge in [0, 0.05) is 19.4 Å². The Labute approximate surface area is 125 Å². The van der Waals surface area contributed by atoms with Crippen LogP contribution in [0.2, 0.25) is 0 Å². The van der Waals surface area contributed by atoms with Crippen molar-refractivity contribution in [3.63, 3.8) is 0 Å². The van der Waals surface area contributed by atoms with E-state index in [0.29, 0.717) is 24.0 Å². The number of hydrogen-bond acceptors (Lipinski definition) is 5. The van der Waals surface area contributed by atoms with Crippen LogP contribution in [0.5, 0.6) is 0 Å². The predicted octanol–water partition coefficient (Wildman–Crippen LogP) is 2.22. The van der Waals surface area contributed by atoms with E-state index in [-0.39, 0.29) is 19.3 Å². The molecule has 6 nitrogen and oxygen atoms in total. The van der Waals surface area contributed by atoms with E-state index in [4.69, 9.17) is 9.57 Å². The zero-order chi connectivity index (χ0) is 16.0. The topological polar surface area (TPSA) is 72.9 Å². The number of rotatable bonds is 8. The molecule has 1 rings (SSSR count). The molecule has 0 aromatic heterocycles. The SMILES string of the molecule is CC(C)CCOC(C)(C)CCC(=O)ON1C(=O)CCC1=O. The fourth-order valence-electron chi connectivity index (χ4n) is 1.85. The smallest absolute Gasteiger partial charge is 0.333 e. The highest BCUT2D eigenvalue weighted by Gasteiger charge is 2.33. The van der Waals surface area contributed by atoms with Crippen molar-refractivity contribution in [2.75, 3.05) is 6.61 Å². The van der Waals surface area contributed by atoms with Gasteiger partial charge in [-0.05, 0) is 32.6 Å². The third-order valence-corrected chi connectivity index (χ3v) is 3.32. The molecule has 0 atom stereocenters. The van der Waals surface area contributed by atoms with Crippen LogP contribution in [0.4, 0.5) is 0 Å². The molecule has 0 N–H and O–H groups in total. The van der Waals surface area contributed by atoms with Crippen LogP contribution in [0, 0.1) is 5.92 Å². The van der Waals surface area contributed by atoms with E-state index in [1.165, 1.54) is 0 Å². The Morgan fingerprint density at radius 2 is 1.81 bits per heavy atom. The molecule has 1 fully saturated rings. The maximum absolute atomic E-state index is 11.7. The first-order chi connectivity index (χ1) is 9.71. The molecule has 1 aliphatic rings. The van der Waals surface area contributed by atoms with E-state index in [9.17, 15) is 14.4 Å². The van der Waals surface area contributed by atoms with Crippen molar-refractivity contribution >= 4 is 17.8 Å². The summed E-state index contributed by atoms with van der Waals surface area (Å²) in [7, 11) is 0. The van der Waals surface area contributed by atoms with Crippen molar-refractivity contribution in [3.05, 3.63) is 0 Å². The maximum atomic E-state index is 11.7. The lowest BCUT2D eigenvalue weighted by Crippen LogP contribution is -2.33. The summed E-state index contributed by atoms with van der Waals surface area (Å²) in [5, 5.41) is 0.578. The summed E-state index contributed by atoms with van der Waals surface area (Å²) in [6.45, 7) is 8.71. The lowest BCUT2D eigenvalue weighted by atomic mass is 10.0. The summed E-state index contributed by atoms with van der Waals surface area (Å²) in [4.78, 5) is 39.2. The van der Waals surface area contributed by atoms with Gasteiger partial charge in [0.15, 0.2) is 0 Å². The van der Waals surface area contributed by atoms with Crippen molar-refractivity contribution in [3.8, 4) is 0 Å². The molecule has 0 aromatic rings. The molecule has 0 spiro atoms. The summed E-state index contributed by atoms with van der Waals surface area (Å²) in [6.07, 6.45) is 1.75. The monoisotopic (exact) mass is 299 g/mol. The number of amides is 2. The molecule has 0 radical (unpaired) electrons. The van der Waals surface area contributed by atoms with Crippen molar-refractivity contribution < 1.29 is 24.0 Å². The Morgan fingerprint density at radius 3 is 2.33 bits per heavy atom. The normalized spacial score (nSPS) is 16.0. The summed E-state index contributed by atoms with van der Waals surface area (Å²) in [5.74, 6) is -0.932. The molecule has 0 bridgehead atoms. The van der Waals surface area contributed by atoms with E-state index in [1.54, 1.807) is 0 Å². The molecule has 0 aromatic carbocycles. The van der Waals surface area contributed by atoms with Gasteiger partial charge < -0.3 is 9.57 Å². The number of carbonyl (C=O) groups excluding carboxylic acids is 3. The van der Waals surface area contributed by atoms with Gasteiger partial charge in [-0.1, -0.05) is 13.8 Å². The van der Waals surface area contributed by atoms with Crippen molar-refractivity contribution in [1.82, 2.24) is 5.06 Å². The molecule has 6 heteroatoms. The molecule has 120 valence electrons. The van der Waals surface area contributed by atoms with Crippen molar-refractivity contribution in [2.24, 2.45) is 5.92 Å². The summed E-state index contributed by atoms with van der Waals surface area (Å²) >= 11 is 0. The average molecular weight is 299 g/mol. The zero-order valence-corrected chi connectivity index (χ0v) is 13.3. The second kappa shape index (κ2) is 7.54. The minimum atomic E-state index is -0.584. The van der Waals surface area contributed by atoms with E-state index < -0.39 is 23.4 Å². The largest absolute Gasteiger partial charge is 0.376 e. The van der Waals surface area contributed by atoms with E-state index in [2.05, 4.69) is 13.8 Å². The fraction of sp³-hybridized carbons (Fsp3) is 0.800.